The minimum atomic E-state index is 0.359. The van der Waals surface area contributed by atoms with Crippen LogP contribution in [0.25, 0.3) is 0 Å². The normalized spacial score (nSPS) is 12.3. The molecule has 0 fully saturated rings. The number of nitrogens with zero attached hydrogens (tertiary/aromatic N) is 2. The van der Waals surface area contributed by atoms with E-state index in [1.54, 1.807) is 0 Å². The number of aryl methyl sites for hydroxylation is 3. The van der Waals surface area contributed by atoms with Gasteiger partial charge in [-0.2, -0.15) is 5.10 Å². The van der Waals surface area contributed by atoms with Crippen molar-refractivity contribution < 1.29 is 0 Å². The van der Waals surface area contributed by atoms with Gasteiger partial charge in [0, 0.05) is 13.1 Å². The third-order valence-corrected chi connectivity index (χ3v) is 3.59. The molecule has 0 bridgehead atoms. The standard InChI is InChI=1S/C16H24N4/c1-4-14-15(17)16(20(3)19-14)18-12(2)10-11-13-8-6-5-7-9-13/h5-9,12,18H,4,10-11,17H2,1-3H3. The van der Waals surface area contributed by atoms with E-state index >= 15 is 0 Å². The van der Waals surface area contributed by atoms with Crippen molar-refractivity contribution in [2.24, 2.45) is 7.05 Å². The monoisotopic (exact) mass is 272 g/mol. The van der Waals surface area contributed by atoms with Crippen LogP contribution in [0.2, 0.25) is 0 Å². The highest BCUT2D eigenvalue weighted by Gasteiger charge is 2.13. The van der Waals surface area contributed by atoms with E-state index in [-0.39, 0.29) is 0 Å². The van der Waals surface area contributed by atoms with E-state index in [0.29, 0.717) is 6.04 Å². The average Bonchev–Trinajstić information content (AvgIpc) is 2.73. The van der Waals surface area contributed by atoms with Crippen molar-refractivity contribution >= 4 is 11.5 Å². The first-order valence-corrected chi connectivity index (χ1v) is 7.23. The average molecular weight is 272 g/mol. The highest BCUT2D eigenvalue weighted by atomic mass is 15.3. The predicted octanol–water partition coefficient (Wildman–Crippen LogP) is 3.00. The van der Waals surface area contributed by atoms with E-state index in [1.807, 2.05) is 17.8 Å². The summed E-state index contributed by atoms with van der Waals surface area (Å²) in [5, 5.41) is 7.91. The summed E-state index contributed by atoms with van der Waals surface area (Å²) in [7, 11) is 1.93. The van der Waals surface area contributed by atoms with Gasteiger partial charge in [0.25, 0.3) is 0 Å². The third-order valence-electron chi connectivity index (χ3n) is 3.59. The second-order valence-electron chi connectivity index (χ2n) is 5.26. The molecular formula is C16H24N4. The molecule has 3 N–H and O–H groups in total. The number of hydrogen-bond acceptors (Lipinski definition) is 3. The Bertz CT molecular complexity index is 545. The number of nitrogen functional groups attached to an aromatic ring is 1. The predicted molar refractivity (Wildman–Crippen MR) is 84.8 cm³/mol. The first kappa shape index (κ1) is 14.4. The number of nitrogens with two attached hydrogens (primary N) is 1. The van der Waals surface area contributed by atoms with E-state index < -0.39 is 0 Å². The van der Waals surface area contributed by atoms with Gasteiger partial charge in [-0.1, -0.05) is 37.3 Å². The van der Waals surface area contributed by atoms with Crippen molar-refractivity contribution in [3.05, 3.63) is 41.6 Å². The van der Waals surface area contributed by atoms with Crippen molar-refractivity contribution in [1.82, 2.24) is 9.78 Å². The summed E-state index contributed by atoms with van der Waals surface area (Å²) < 4.78 is 1.84. The topological polar surface area (TPSA) is 55.9 Å². The molecule has 0 aliphatic heterocycles. The van der Waals surface area contributed by atoms with Gasteiger partial charge < -0.3 is 11.1 Å². The Balaban J connectivity index is 1.95. The number of rotatable bonds is 6. The van der Waals surface area contributed by atoms with Crippen molar-refractivity contribution in [1.29, 1.82) is 0 Å². The summed E-state index contributed by atoms with van der Waals surface area (Å²) in [5.41, 5.74) is 9.24. The van der Waals surface area contributed by atoms with Gasteiger partial charge in [-0.3, -0.25) is 4.68 Å². The number of aromatic nitrogens is 2. The lowest BCUT2D eigenvalue weighted by Gasteiger charge is -2.16. The molecule has 2 rings (SSSR count). The Morgan fingerprint density at radius 3 is 2.60 bits per heavy atom. The first-order valence-electron chi connectivity index (χ1n) is 7.23. The zero-order chi connectivity index (χ0) is 14.5. The molecule has 0 saturated heterocycles. The maximum absolute atomic E-state index is 6.12. The van der Waals surface area contributed by atoms with Crippen LogP contribution in [0.1, 0.15) is 31.5 Å². The van der Waals surface area contributed by atoms with Crippen molar-refractivity contribution in [3.8, 4) is 0 Å². The van der Waals surface area contributed by atoms with Crippen LogP contribution in [0.15, 0.2) is 30.3 Å². The van der Waals surface area contributed by atoms with Crippen LogP contribution in [-0.2, 0) is 19.9 Å². The summed E-state index contributed by atoms with van der Waals surface area (Å²) in [6, 6.07) is 10.9. The van der Waals surface area contributed by atoms with E-state index in [9.17, 15) is 0 Å². The molecule has 0 amide bonds. The number of benzene rings is 1. The Kier molecular flexibility index (Phi) is 4.66. The van der Waals surface area contributed by atoms with E-state index in [4.69, 9.17) is 5.73 Å². The molecular weight excluding hydrogens is 248 g/mol. The van der Waals surface area contributed by atoms with Crippen LogP contribution >= 0.6 is 0 Å². The number of anilines is 2. The highest BCUT2D eigenvalue weighted by molar-refractivity contribution is 5.65. The lowest BCUT2D eigenvalue weighted by atomic mass is 10.1. The molecule has 1 heterocycles. The molecule has 0 saturated carbocycles. The van der Waals surface area contributed by atoms with E-state index in [0.717, 1.165) is 36.5 Å². The summed E-state index contributed by atoms with van der Waals surface area (Å²) in [6.07, 6.45) is 2.99. The maximum Gasteiger partial charge on any atom is 0.147 e. The summed E-state index contributed by atoms with van der Waals surface area (Å²) >= 11 is 0. The fourth-order valence-electron chi connectivity index (χ4n) is 2.36. The van der Waals surface area contributed by atoms with Gasteiger partial charge >= 0.3 is 0 Å². The fraction of sp³-hybridized carbons (Fsp3) is 0.438. The molecule has 4 nitrogen and oxygen atoms in total. The molecule has 20 heavy (non-hydrogen) atoms. The maximum atomic E-state index is 6.12. The van der Waals surface area contributed by atoms with Crippen LogP contribution in [-0.4, -0.2) is 15.8 Å². The van der Waals surface area contributed by atoms with Crippen molar-refractivity contribution in [2.45, 2.75) is 39.2 Å². The molecule has 0 aliphatic rings. The molecule has 0 spiro atoms. The van der Waals surface area contributed by atoms with Crippen LogP contribution < -0.4 is 11.1 Å². The molecule has 1 unspecified atom stereocenters. The molecule has 2 aromatic rings. The zero-order valence-electron chi connectivity index (χ0n) is 12.6. The van der Waals surface area contributed by atoms with E-state index in [2.05, 4.69) is 48.5 Å². The van der Waals surface area contributed by atoms with Crippen molar-refractivity contribution in [3.63, 3.8) is 0 Å². The lowest BCUT2D eigenvalue weighted by molar-refractivity contribution is 0.680. The summed E-state index contributed by atoms with van der Waals surface area (Å²) in [5.74, 6) is 0.933. The van der Waals surface area contributed by atoms with E-state index in [1.165, 1.54) is 5.56 Å². The lowest BCUT2D eigenvalue weighted by Crippen LogP contribution is -2.19. The van der Waals surface area contributed by atoms with Gasteiger partial charge in [-0.15, -0.1) is 0 Å². The molecule has 1 aromatic heterocycles. The SMILES string of the molecule is CCc1nn(C)c(NC(C)CCc2ccccc2)c1N. The second kappa shape index (κ2) is 6.46. The summed E-state index contributed by atoms with van der Waals surface area (Å²) in [4.78, 5) is 0. The highest BCUT2D eigenvalue weighted by Crippen LogP contribution is 2.23. The van der Waals surface area contributed by atoms with Gasteiger partial charge in [0.15, 0.2) is 0 Å². The van der Waals surface area contributed by atoms with Crippen molar-refractivity contribution in [2.75, 3.05) is 11.1 Å². The Morgan fingerprint density at radius 1 is 1.30 bits per heavy atom. The van der Waals surface area contributed by atoms with Gasteiger partial charge in [0.1, 0.15) is 5.82 Å². The number of hydrogen-bond donors (Lipinski definition) is 2. The van der Waals surface area contributed by atoms with Gasteiger partial charge in [-0.25, -0.2) is 0 Å². The van der Waals surface area contributed by atoms with Gasteiger partial charge in [0.2, 0.25) is 0 Å². The summed E-state index contributed by atoms with van der Waals surface area (Å²) in [6.45, 7) is 4.25. The molecule has 1 atom stereocenters. The van der Waals surface area contributed by atoms with Crippen LogP contribution in [0.4, 0.5) is 11.5 Å². The zero-order valence-corrected chi connectivity index (χ0v) is 12.6. The van der Waals surface area contributed by atoms with Crippen LogP contribution in [0, 0.1) is 0 Å². The Morgan fingerprint density at radius 2 is 2.00 bits per heavy atom. The Labute approximate surface area is 121 Å². The fourth-order valence-corrected chi connectivity index (χ4v) is 2.36. The minimum Gasteiger partial charge on any atom is -0.394 e. The molecule has 4 heteroatoms. The molecule has 0 radical (unpaired) electrons. The molecule has 1 aromatic carbocycles. The second-order valence-corrected chi connectivity index (χ2v) is 5.26. The Hall–Kier alpha value is -1.97. The molecule has 0 aliphatic carbocycles. The smallest absolute Gasteiger partial charge is 0.147 e. The first-order chi connectivity index (χ1) is 9.61. The number of nitrogens with one attached hydrogen (secondary N) is 1. The third kappa shape index (κ3) is 3.32. The van der Waals surface area contributed by atoms with Crippen LogP contribution in [0.3, 0.4) is 0 Å². The largest absolute Gasteiger partial charge is 0.394 e. The molecule has 108 valence electrons. The minimum absolute atomic E-state index is 0.359. The van der Waals surface area contributed by atoms with Gasteiger partial charge in [0.05, 0.1) is 11.4 Å². The van der Waals surface area contributed by atoms with Gasteiger partial charge in [-0.05, 0) is 31.7 Å². The van der Waals surface area contributed by atoms with Crippen LogP contribution in [0.5, 0.6) is 0 Å². The quantitative estimate of drug-likeness (QED) is 0.850.